The summed E-state index contributed by atoms with van der Waals surface area (Å²) in [6.07, 6.45) is 4.34. The SMILES string of the molecule is O=c1cc(CCn2cccn2)nc(-c2cccc(CN3CCSCC3)c2)[nH]1. The summed E-state index contributed by atoms with van der Waals surface area (Å²) in [6, 6.07) is 11.8. The number of nitrogens with one attached hydrogen (secondary N) is 1. The molecule has 27 heavy (non-hydrogen) atoms. The first-order valence-corrected chi connectivity index (χ1v) is 10.4. The Morgan fingerprint density at radius 3 is 2.85 bits per heavy atom. The van der Waals surface area contributed by atoms with Crippen LogP contribution in [0.3, 0.4) is 0 Å². The maximum absolute atomic E-state index is 12.1. The molecule has 0 unspecified atom stereocenters. The molecule has 7 heteroatoms. The van der Waals surface area contributed by atoms with Crippen LogP contribution in [0.2, 0.25) is 0 Å². The lowest BCUT2D eigenvalue weighted by atomic mass is 10.1. The maximum atomic E-state index is 12.1. The average molecular weight is 382 g/mol. The predicted octanol–water partition coefficient (Wildman–Crippen LogP) is 2.42. The van der Waals surface area contributed by atoms with Crippen molar-refractivity contribution in [2.45, 2.75) is 19.5 Å². The van der Waals surface area contributed by atoms with Gasteiger partial charge in [0.2, 0.25) is 0 Å². The van der Waals surface area contributed by atoms with Crippen molar-refractivity contribution in [3.8, 4) is 11.4 Å². The molecule has 0 aliphatic carbocycles. The first-order valence-electron chi connectivity index (χ1n) is 9.23. The standard InChI is InChI=1S/C20H23N5OS/c26-19-14-18(5-8-25-7-2-6-21-25)22-20(23-19)17-4-1-3-16(13-17)15-24-9-11-27-12-10-24/h1-4,6-7,13-14H,5,8-12,15H2,(H,22,23,26). The molecule has 1 aromatic carbocycles. The van der Waals surface area contributed by atoms with Crippen LogP contribution in [-0.4, -0.2) is 49.2 Å². The molecular formula is C20H23N5OS. The molecule has 0 bridgehead atoms. The van der Waals surface area contributed by atoms with Crippen molar-refractivity contribution in [2.24, 2.45) is 0 Å². The Kier molecular flexibility index (Phi) is 5.69. The zero-order valence-corrected chi connectivity index (χ0v) is 16.0. The van der Waals surface area contributed by atoms with Crippen molar-refractivity contribution in [1.29, 1.82) is 0 Å². The number of thioether (sulfide) groups is 1. The Balaban J connectivity index is 1.51. The summed E-state index contributed by atoms with van der Waals surface area (Å²) < 4.78 is 1.85. The van der Waals surface area contributed by atoms with Gasteiger partial charge in [0, 0.05) is 68.1 Å². The van der Waals surface area contributed by atoms with Gasteiger partial charge in [-0.2, -0.15) is 16.9 Å². The first-order chi connectivity index (χ1) is 13.3. The Morgan fingerprint density at radius 1 is 1.15 bits per heavy atom. The molecule has 0 saturated carbocycles. The lowest BCUT2D eigenvalue weighted by molar-refractivity contribution is 0.294. The topological polar surface area (TPSA) is 66.8 Å². The van der Waals surface area contributed by atoms with Crippen LogP contribution < -0.4 is 5.56 Å². The number of H-pyrrole nitrogens is 1. The Labute approximate surface area is 162 Å². The molecule has 0 atom stereocenters. The van der Waals surface area contributed by atoms with Crippen molar-refractivity contribution < 1.29 is 0 Å². The second-order valence-corrected chi connectivity index (χ2v) is 7.92. The summed E-state index contributed by atoms with van der Waals surface area (Å²) in [4.78, 5) is 22.2. The van der Waals surface area contributed by atoms with E-state index < -0.39 is 0 Å². The molecule has 1 N–H and O–H groups in total. The van der Waals surface area contributed by atoms with E-state index >= 15 is 0 Å². The Morgan fingerprint density at radius 2 is 2.04 bits per heavy atom. The molecule has 140 valence electrons. The van der Waals surface area contributed by atoms with E-state index in [4.69, 9.17) is 0 Å². The van der Waals surface area contributed by atoms with Crippen LogP contribution >= 0.6 is 11.8 Å². The van der Waals surface area contributed by atoms with E-state index in [1.54, 1.807) is 12.3 Å². The van der Waals surface area contributed by atoms with Gasteiger partial charge in [-0.3, -0.25) is 14.4 Å². The lowest BCUT2D eigenvalue weighted by Gasteiger charge is -2.26. The number of hydrogen-bond donors (Lipinski definition) is 1. The van der Waals surface area contributed by atoms with Crippen molar-refractivity contribution in [2.75, 3.05) is 24.6 Å². The average Bonchev–Trinajstić information content (AvgIpc) is 3.21. The van der Waals surface area contributed by atoms with Crippen molar-refractivity contribution in [1.82, 2.24) is 24.6 Å². The molecule has 2 aromatic heterocycles. The fourth-order valence-corrected chi connectivity index (χ4v) is 4.25. The van der Waals surface area contributed by atoms with Gasteiger partial charge >= 0.3 is 0 Å². The second kappa shape index (κ2) is 8.54. The summed E-state index contributed by atoms with van der Waals surface area (Å²) >= 11 is 2.02. The van der Waals surface area contributed by atoms with E-state index in [2.05, 4.69) is 32.1 Å². The van der Waals surface area contributed by atoms with Gasteiger partial charge in [0.15, 0.2) is 0 Å². The molecule has 1 aliphatic heterocycles. The fraction of sp³-hybridized carbons (Fsp3) is 0.350. The van der Waals surface area contributed by atoms with Crippen LogP contribution in [0, 0.1) is 0 Å². The fourth-order valence-electron chi connectivity index (χ4n) is 3.27. The summed E-state index contributed by atoms with van der Waals surface area (Å²) in [7, 11) is 0. The molecule has 0 spiro atoms. The highest BCUT2D eigenvalue weighted by atomic mass is 32.2. The van der Waals surface area contributed by atoms with Crippen molar-refractivity contribution in [3.63, 3.8) is 0 Å². The summed E-state index contributed by atoms with van der Waals surface area (Å²) in [5, 5.41) is 4.20. The molecule has 1 aliphatic rings. The van der Waals surface area contributed by atoms with E-state index in [0.29, 0.717) is 18.8 Å². The van der Waals surface area contributed by atoms with Gasteiger partial charge in [-0.1, -0.05) is 18.2 Å². The number of aryl methyl sites for hydroxylation is 2. The van der Waals surface area contributed by atoms with Gasteiger partial charge in [0.25, 0.3) is 5.56 Å². The smallest absolute Gasteiger partial charge is 0.251 e. The van der Waals surface area contributed by atoms with E-state index in [-0.39, 0.29) is 5.56 Å². The van der Waals surface area contributed by atoms with Gasteiger partial charge in [0.1, 0.15) is 5.82 Å². The minimum absolute atomic E-state index is 0.117. The summed E-state index contributed by atoms with van der Waals surface area (Å²) in [5.41, 5.74) is 2.87. The zero-order valence-electron chi connectivity index (χ0n) is 15.2. The number of aromatic nitrogens is 4. The number of benzene rings is 1. The van der Waals surface area contributed by atoms with Gasteiger partial charge in [-0.05, 0) is 17.7 Å². The molecule has 6 nitrogen and oxygen atoms in total. The van der Waals surface area contributed by atoms with Crippen LogP contribution in [-0.2, 0) is 19.5 Å². The second-order valence-electron chi connectivity index (χ2n) is 6.69. The van der Waals surface area contributed by atoms with Crippen LogP contribution in [0.4, 0.5) is 0 Å². The van der Waals surface area contributed by atoms with Crippen LogP contribution in [0.1, 0.15) is 11.3 Å². The minimum Gasteiger partial charge on any atom is -0.307 e. The molecule has 1 fully saturated rings. The monoisotopic (exact) mass is 381 g/mol. The third-order valence-corrected chi connectivity index (χ3v) is 5.60. The number of aromatic amines is 1. The quantitative estimate of drug-likeness (QED) is 0.710. The highest BCUT2D eigenvalue weighted by molar-refractivity contribution is 7.99. The van der Waals surface area contributed by atoms with Crippen molar-refractivity contribution >= 4 is 11.8 Å². The zero-order chi connectivity index (χ0) is 18.5. The largest absolute Gasteiger partial charge is 0.307 e. The highest BCUT2D eigenvalue weighted by Gasteiger charge is 2.12. The first kappa shape index (κ1) is 18.0. The van der Waals surface area contributed by atoms with Gasteiger partial charge in [-0.15, -0.1) is 0 Å². The van der Waals surface area contributed by atoms with Gasteiger partial charge in [0.05, 0.1) is 5.69 Å². The van der Waals surface area contributed by atoms with Gasteiger partial charge in [-0.25, -0.2) is 4.98 Å². The number of hydrogen-bond acceptors (Lipinski definition) is 5. The molecule has 0 amide bonds. The Hall–Kier alpha value is -2.38. The van der Waals surface area contributed by atoms with E-state index in [1.807, 2.05) is 40.8 Å². The predicted molar refractivity (Wildman–Crippen MR) is 109 cm³/mol. The van der Waals surface area contributed by atoms with Crippen LogP contribution in [0.5, 0.6) is 0 Å². The third-order valence-electron chi connectivity index (χ3n) is 4.66. The van der Waals surface area contributed by atoms with Crippen molar-refractivity contribution in [3.05, 3.63) is 70.4 Å². The molecular weight excluding hydrogens is 358 g/mol. The van der Waals surface area contributed by atoms with Crippen LogP contribution in [0.15, 0.2) is 53.6 Å². The summed E-state index contributed by atoms with van der Waals surface area (Å²) in [5.74, 6) is 3.04. The molecule has 4 rings (SSSR count). The van der Waals surface area contributed by atoms with Crippen LogP contribution in [0.25, 0.3) is 11.4 Å². The minimum atomic E-state index is -0.117. The van der Waals surface area contributed by atoms with Gasteiger partial charge < -0.3 is 4.98 Å². The number of rotatable bonds is 6. The highest BCUT2D eigenvalue weighted by Crippen LogP contribution is 2.19. The summed E-state index contributed by atoms with van der Waals surface area (Å²) in [6.45, 7) is 3.91. The molecule has 3 heterocycles. The lowest BCUT2D eigenvalue weighted by Crippen LogP contribution is -2.31. The molecule has 3 aromatic rings. The molecule has 0 radical (unpaired) electrons. The van der Waals surface area contributed by atoms with E-state index in [1.165, 1.54) is 17.1 Å². The van der Waals surface area contributed by atoms with E-state index in [9.17, 15) is 4.79 Å². The Bertz CT molecular complexity index is 932. The maximum Gasteiger partial charge on any atom is 0.251 e. The normalized spacial score (nSPS) is 15.1. The van der Waals surface area contributed by atoms with E-state index in [0.717, 1.165) is 30.9 Å². The molecule has 1 saturated heterocycles. The third kappa shape index (κ3) is 4.87. The number of nitrogens with zero attached hydrogens (tertiary/aromatic N) is 4.